The molecule has 2 N–H and O–H groups in total. The number of ether oxygens (including phenoxy) is 1. The Morgan fingerprint density at radius 1 is 1.35 bits per heavy atom. The van der Waals surface area contributed by atoms with Gasteiger partial charge in [-0.15, -0.1) is 0 Å². The molecule has 2 rings (SSSR count). The number of hydrogen-bond donors (Lipinski definition) is 1. The topological polar surface area (TPSA) is 61.3 Å². The molecule has 2 aromatic rings. The smallest absolute Gasteiger partial charge is 0.194 e. The first kappa shape index (κ1) is 11.7. The lowest BCUT2D eigenvalue weighted by Crippen LogP contribution is -2.00. The van der Waals surface area contributed by atoms with E-state index in [0.29, 0.717) is 6.54 Å². The molecule has 1 heterocycles. The van der Waals surface area contributed by atoms with Crippen molar-refractivity contribution in [3.8, 4) is 17.1 Å². The zero-order valence-corrected chi connectivity index (χ0v) is 9.85. The van der Waals surface area contributed by atoms with Gasteiger partial charge in [0, 0.05) is 6.42 Å². The van der Waals surface area contributed by atoms with Gasteiger partial charge in [0.15, 0.2) is 11.7 Å². The summed E-state index contributed by atoms with van der Waals surface area (Å²) in [6.45, 7) is 0.645. The van der Waals surface area contributed by atoms with Gasteiger partial charge in [-0.25, -0.2) is 4.98 Å². The van der Waals surface area contributed by atoms with Gasteiger partial charge < -0.3 is 14.9 Å². The maximum atomic E-state index is 5.67. The predicted molar refractivity (Wildman–Crippen MR) is 65.9 cm³/mol. The molecule has 4 heteroatoms. The normalized spacial score (nSPS) is 10.5. The molecule has 0 amide bonds. The highest BCUT2D eigenvalue weighted by molar-refractivity contribution is 5.64. The fourth-order valence-corrected chi connectivity index (χ4v) is 1.65. The summed E-state index contributed by atoms with van der Waals surface area (Å²) in [7, 11) is 1.64. The second kappa shape index (κ2) is 5.50. The second-order valence-electron chi connectivity index (χ2n) is 3.71. The van der Waals surface area contributed by atoms with Crippen LogP contribution in [0.3, 0.4) is 0 Å². The van der Waals surface area contributed by atoms with E-state index in [0.717, 1.165) is 35.8 Å². The SMILES string of the molecule is COc1ccccc1-c1cnc(CCCN)o1. The Morgan fingerprint density at radius 2 is 2.18 bits per heavy atom. The second-order valence-corrected chi connectivity index (χ2v) is 3.71. The van der Waals surface area contributed by atoms with E-state index in [1.807, 2.05) is 24.3 Å². The minimum absolute atomic E-state index is 0.645. The molecular weight excluding hydrogens is 216 g/mol. The van der Waals surface area contributed by atoms with Crippen LogP contribution in [0, 0.1) is 0 Å². The fraction of sp³-hybridized carbons (Fsp3) is 0.308. The highest BCUT2D eigenvalue weighted by Crippen LogP contribution is 2.29. The van der Waals surface area contributed by atoms with Crippen molar-refractivity contribution in [2.24, 2.45) is 5.73 Å². The molecule has 0 bridgehead atoms. The Balaban J connectivity index is 2.24. The average molecular weight is 232 g/mol. The van der Waals surface area contributed by atoms with Crippen molar-refractivity contribution in [3.63, 3.8) is 0 Å². The Labute approximate surface area is 100 Å². The lowest BCUT2D eigenvalue weighted by molar-refractivity contribution is 0.413. The molecule has 0 radical (unpaired) electrons. The van der Waals surface area contributed by atoms with E-state index in [1.54, 1.807) is 13.3 Å². The summed E-state index contributed by atoms with van der Waals surface area (Å²) in [6.07, 6.45) is 3.38. The number of benzene rings is 1. The van der Waals surface area contributed by atoms with Gasteiger partial charge in [0.05, 0.1) is 18.9 Å². The summed E-state index contributed by atoms with van der Waals surface area (Å²) in [4.78, 5) is 4.23. The van der Waals surface area contributed by atoms with E-state index in [-0.39, 0.29) is 0 Å². The van der Waals surface area contributed by atoms with Crippen LogP contribution in [0.4, 0.5) is 0 Å². The van der Waals surface area contributed by atoms with Crippen molar-refractivity contribution in [2.45, 2.75) is 12.8 Å². The van der Waals surface area contributed by atoms with Gasteiger partial charge in [0.25, 0.3) is 0 Å². The van der Waals surface area contributed by atoms with Crippen LogP contribution in [0.15, 0.2) is 34.9 Å². The van der Waals surface area contributed by atoms with Gasteiger partial charge in [-0.1, -0.05) is 12.1 Å². The van der Waals surface area contributed by atoms with E-state index in [9.17, 15) is 0 Å². The van der Waals surface area contributed by atoms with Crippen LogP contribution in [-0.2, 0) is 6.42 Å². The molecule has 0 atom stereocenters. The van der Waals surface area contributed by atoms with E-state index in [1.165, 1.54) is 0 Å². The molecule has 0 unspecified atom stereocenters. The van der Waals surface area contributed by atoms with Crippen molar-refractivity contribution in [1.29, 1.82) is 0 Å². The van der Waals surface area contributed by atoms with Crippen LogP contribution in [0.25, 0.3) is 11.3 Å². The van der Waals surface area contributed by atoms with Crippen molar-refractivity contribution in [3.05, 3.63) is 36.4 Å². The first-order valence-electron chi connectivity index (χ1n) is 5.63. The molecular formula is C13H16N2O2. The van der Waals surface area contributed by atoms with Gasteiger partial charge in [-0.05, 0) is 25.1 Å². The molecule has 1 aromatic heterocycles. The first-order valence-corrected chi connectivity index (χ1v) is 5.63. The van der Waals surface area contributed by atoms with E-state index in [2.05, 4.69) is 4.98 Å². The monoisotopic (exact) mass is 232 g/mol. The summed E-state index contributed by atoms with van der Waals surface area (Å²) >= 11 is 0. The third-order valence-corrected chi connectivity index (χ3v) is 2.52. The van der Waals surface area contributed by atoms with Gasteiger partial charge in [-0.3, -0.25) is 0 Å². The van der Waals surface area contributed by atoms with Gasteiger partial charge >= 0.3 is 0 Å². The molecule has 90 valence electrons. The van der Waals surface area contributed by atoms with Gasteiger partial charge in [-0.2, -0.15) is 0 Å². The summed E-state index contributed by atoms with van der Waals surface area (Å²) < 4.78 is 10.9. The zero-order valence-electron chi connectivity index (χ0n) is 9.85. The molecule has 0 saturated heterocycles. The Morgan fingerprint density at radius 3 is 2.94 bits per heavy atom. The number of methoxy groups -OCH3 is 1. The molecule has 0 aliphatic rings. The number of nitrogens with two attached hydrogens (primary N) is 1. The number of aryl methyl sites for hydroxylation is 1. The molecule has 0 saturated carbocycles. The lowest BCUT2D eigenvalue weighted by atomic mass is 10.1. The van der Waals surface area contributed by atoms with Crippen LogP contribution < -0.4 is 10.5 Å². The Kier molecular flexibility index (Phi) is 3.77. The number of oxazole rings is 1. The Hall–Kier alpha value is -1.81. The van der Waals surface area contributed by atoms with Crippen LogP contribution in [-0.4, -0.2) is 18.6 Å². The number of aromatic nitrogens is 1. The fourth-order valence-electron chi connectivity index (χ4n) is 1.65. The van der Waals surface area contributed by atoms with Crippen LogP contribution in [0.1, 0.15) is 12.3 Å². The highest BCUT2D eigenvalue weighted by Gasteiger charge is 2.10. The van der Waals surface area contributed by atoms with Crippen molar-refractivity contribution >= 4 is 0 Å². The van der Waals surface area contributed by atoms with Crippen LogP contribution >= 0.6 is 0 Å². The number of nitrogens with zero attached hydrogens (tertiary/aromatic N) is 1. The standard InChI is InChI=1S/C13H16N2O2/c1-16-11-6-3-2-5-10(11)12-9-15-13(17-12)7-4-8-14/h2-3,5-6,9H,4,7-8,14H2,1H3. The van der Waals surface area contributed by atoms with E-state index >= 15 is 0 Å². The van der Waals surface area contributed by atoms with Gasteiger partial charge in [0.1, 0.15) is 5.75 Å². The maximum Gasteiger partial charge on any atom is 0.194 e. The quantitative estimate of drug-likeness (QED) is 0.858. The lowest BCUT2D eigenvalue weighted by Gasteiger charge is -2.04. The third kappa shape index (κ3) is 2.65. The maximum absolute atomic E-state index is 5.67. The minimum Gasteiger partial charge on any atom is -0.496 e. The third-order valence-electron chi connectivity index (χ3n) is 2.52. The van der Waals surface area contributed by atoms with Crippen molar-refractivity contribution in [1.82, 2.24) is 4.98 Å². The minimum atomic E-state index is 0.645. The van der Waals surface area contributed by atoms with E-state index < -0.39 is 0 Å². The number of hydrogen-bond acceptors (Lipinski definition) is 4. The largest absolute Gasteiger partial charge is 0.496 e. The molecule has 17 heavy (non-hydrogen) atoms. The van der Waals surface area contributed by atoms with Crippen molar-refractivity contribution in [2.75, 3.05) is 13.7 Å². The molecule has 1 aromatic carbocycles. The first-order chi connectivity index (χ1) is 8.35. The molecule has 0 fully saturated rings. The van der Waals surface area contributed by atoms with Crippen molar-refractivity contribution < 1.29 is 9.15 Å². The summed E-state index contributed by atoms with van der Waals surface area (Å²) in [5, 5.41) is 0. The summed E-state index contributed by atoms with van der Waals surface area (Å²) in [6, 6.07) is 7.72. The van der Waals surface area contributed by atoms with E-state index in [4.69, 9.17) is 14.9 Å². The highest BCUT2D eigenvalue weighted by atomic mass is 16.5. The zero-order chi connectivity index (χ0) is 12.1. The molecule has 4 nitrogen and oxygen atoms in total. The molecule has 0 aliphatic carbocycles. The average Bonchev–Trinajstić information content (AvgIpc) is 2.85. The van der Waals surface area contributed by atoms with Gasteiger partial charge in [0.2, 0.25) is 0 Å². The molecule has 0 spiro atoms. The summed E-state index contributed by atoms with van der Waals surface area (Å²) in [5.41, 5.74) is 6.37. The van der Waals surface area contributed by atoms with Crippen LogP contribution in [0.2, 0.25) is 0 Å². The van der Waals surface area contributed by atoms with Crippen LogP contribution in [0.5, 0.6) is 5.75 Å². The molecule has 0 aliphatic heterocycles. The number of para-hydroxylation sites is 1. The predicted octanol–water partition coefficient (Wildman–Crippen LogP) is 2.24. The summed E-state index contributed by atoms with van der Waals surface area (Å²) in [5.74, 6) is 2.24. The Bertz CT molecular complexity index is 480. The number of rotatable bonds is 5.